The highest BCUT2D eigenvalue weighted by atomic mass is 35.5. The minimum absolute atomic E-state index is 0.000637. The Hall–Kier alpha value is -2.37. The molecule has 1 aliphatic heterocycles. The second-order valence-electron chi connectivity index (χ2n) is 7.29. The molecule has 140 valence electrons. The van der Waals surface area contributed by atoms with Gasteiger partial charge in [-0.3, -0.25) is 9.20 Å². The summed E-state index contributed by atoms with van der Waals surface area (Å²) in [6.45, 7) is 8.81. The van der Waals surface area contributed by atoms with E-state index in [1.807, 2.05) is 31.2 Å². The van der Waals surface area contributed by atoms with Gasteiger partial charge in [0.15, 0.2) is 0 Å². The summed E-state index contributed by atoms with van der Waals surface area (Å²) in [4.78, 5) is 21.0. The summed E-state index contributed by atoms with van der Waals surface area (Å²) in [5, 5.41) is 0.779. The average molecular weight is 384 g/mol. The van der Waals surface area contributed by atoms with Crippen LogP contribution in [-0.2, 0) is 6.54 Å². The van der Waals surface area contributed by atoms with Crippen LogP contribution in [0.15, 0.2) is 47.3 Å². The van der Waals surface area contributed by atoms with Crippen molar-refractivity contribution in [3.63, 3.8) is 0 Å². The molecule has 1 N–H and O–H groups in total. The number of hydrogen-bond donors (Lipinski definition) is 1. The van der Waals surface area contributed by atoms with Crippen molar-refractivity contribution in [2.75, 3.05) is 31.1 Å². The lowest BCUT2D eigenvalue weighted by atomic mass is 10.1. The first kappa shape index (κ1) is 18.0. The lowest BCUT2D eigenvalue weighted by molar-refractivity contribution is -0.914. The van der Waals surface area contributed by atoms with Crippen LogP contribution in [0.4, 0.5) is 5.69 Å². The van der Waals surface area contributed by atoms with Gasteiger partial charge in [-0.1, -0.05) is 23.7 Å². The third-order valence-electron chi connectivity index (χ3n) is 5.35. The number of aryl methyl sites for hydroxylation is 2. The zero-order chi connectivity index (χ0) is 19.0. The molecule has 1 fully saturated rings. The molecule has 6 heteroatoms. The maximum absolute atomic E-state index is 12.5. The standard InChI is InChI=1S/C21H23ClN4O/c1-15-6-7-17(22)12-19(15)25-10-8-24(9-11-25)14-18-13-21(27)26-16(2)4-3-5-20(26)23-18/h3-7,12-13H,8-11,14H2,1-2H3/p+1. The van der Waals surface area contributed by atoms with Gasteiger partial charge in [-0.25, -0.2) is 4.98 Å². The molecule has 0 radical (unpaired) electrons. The second-order valence-corrected chi connectivity index (χ2v) is 7.73. The van der Waals surface area contributed by atoms with Crippen LogP contribution < -0.4 is 15.4 Å². The van der Waals surface area contributed by atoms with E-state index in [2.05, 4.69) is 24.0 Å². The summed E-state index contributed by atoms with van der Waals surface area (Å²) in [5.74, 6) is 0. The molecular weight excluding hydrogens is 360 g/mol. The molecular formula is C21H24ClN4O+. The van der Waals surface area contributed by atoms with E-state index in [0.29, 0.717) is 0 Å². The highest BCUT2D eigenvalue weighted by Gasteiger charge is 2.22. The van der Waals surface area contributed by atoms with Crippen molar-refractivity contribution in [2.45, 2.75) is 20.4 Å². The number of quaternary nitrogens is 1. The number of pyridine rings is 1. The molecule has 0 bridgehead atoms. The molecule has 2 aromatic heterocycles. The predicted octanol–water partition coefficient (Wildman–Crippen LogP) is 1.87. The molecule has 3 aromatic rings. The molecule has 0 spiro atoms. The van der Waals surface area contributed by atoms with E-state index in [1.54, 1.807) is 10.5 Å². The molecule has 0 unspecified atom stereocenters. The number of nitrogens with one attached hydrogen (secondary N) is 1. The van der Waals surface area contributed by atoms with Crippen molar-refractivity contribution in [1.82, 2.24) is 9.38 Å². The van der Waals surface area contributed by atoms with Crippen molar-refractivity contribution in [2.24, 2.45) is 0 Å². The van der Waals surface area contributed by atoms with Crippen LogP contribution in [0.2, 0.25) is 5.02 Å². The van der Waals surface area contributed by atoms with Gasteiger partial charge in [0.2, 0.25) is 0 Å². The van der Waals surface area contributed by atoms with Crippen molar-refractivity contribution in [1.29, 1.82) is 0 Å². The first-order valence-corrected chi connectivity index (χ1v) is 9.72. The summed E-state index contributed by atoms with van der Waals surface area (Å²) in [5.41, 5.74) is 4.98. The number of benzene rings is 1. The van der Waals surface area contributed by atoms with Crippen LogP contribution in [-0.4, -0.2) is 35.6 Å². The predicted molar refractivity (Wildman–Crippen MR) is 109 cm³/mol. The first-order valence-electron chi connectivity index (χ1n) is 9.34. The molecule has 0 atom stereocenters. The van der Waals surface area contributed by atoms with Gasteiger partial charge in [0, 0.05) is 22.5 Å². The number of anilines is 1. The Morgan fingerprint density at radius 3 is 2.67 bits per heavy atom. The third-order valence-corrected chi connectivity index (χ3v) is 5.58. The fourth-order valence-electron chi connectivity index (χ4n) is 3.87. The Bertz CT molecular complexity index is 1040. The lowest BCUT2D eigenvalue weighted by Crippen LogP contribution is -3.13. The molecule has 0 amide bonds. The zero-order valence-electron chi connectivity index (χ0n) is 15.7. The largest absolute Gasteiger partial charge is 0.360 e. The van der Waals surface area contributed by atoms with Crippen LogP contribution in [0.1, 0.15) is 17.0 Å². The molecule has 27 heavy (non-hydrogen) atoms. The summed E-state index contributed by atoms with van der Waals surface area (Å²) in [6, 6.07) is 13.5. The fourth-order valence-corrected chi connectivity index (χ4v) is 4.04. The van der Waals surface area contributed by atoms with Gasteiger partial charge in [0.1, 0.15) is 17.9 Å². The van der Waals surface area contributed by atoms with Gasteiger partial charge in [-0.15, -0.1) is 0 Å². The molecule has 3 heterocycles. The summed E-state index contributed by atoms with van der Waals surface area (Å²) < 4.78 is 1.67. The van der Waals surface area contributed by atoms with E-state index in [4.69, 9.17) is 16.6 Å². The van der Waals surface area contributed by atoms with Crippen molar-refractivity contribution >= 4 is 22.9 Å². The number of hydrogen-bond acceptors (Lipinski definition) is 3. The Morgan fingerprint density at radius 1 is 1.11 bits per heavy atom. The SMILES string of the molecule is Cc1ccc(Cl)cc1N1CC[NH+](Cc2cc(=O)n3c(C)cccc3n2)CC1. The summed E-state index contributed by atoms with van der Waals surface area (Å²) >= 11 is 6.17. The number of halogens is 1. The van der Waals surface area contributed by atoms with E-state index in [9.17, 15) is 4.79 Å². The van der Waals surface area contributed by atoms with Gasteiger partial charge in [-0.2, -0.15) is 0 Å². The Labute approximate surface area is 163 Å². The normalized spacial score (nSPS) is 15.4. The minimum Gasteiger partial charge on any atom is -0.360 e. The van der Waals surface area contributed by atoms with Crippen LogP contribution in [0.25, 0.3) is 5.65 Å². The van der Waals surface area contributed by atoms with Crippen LogP contribution in [0.3, 0.4) is 0 Å². The maximum atomic E-state index is 12.5. The monoisotopic (exact) mass is 383 g/mol. The van der Waals surface area contributed by atoms with Gasteiger partial charge < -0.3 is 9.80 Å². The van der Waals surface area contributed by atoms with Crippen molar-refractivity contribution in [3.8, 4) is 0 Å². The molecule has 1 saturated heterocycles. The molecule has 5 nitrogen and oxygen atoms in total. The van der Waals surface area contributed by atoms with E-state index < -0.39 is 0 Å². The third kappa shape index (κ3) is 3.70. The lowest BCUT2D eigenvalue weighted by Gasteiger charge is -2.34. The van der Waals surface area contributed by atoms with Crippen LogP contribution in [0.5, 0.6) is 0 Å². The van der Waals surface area contributed by atoms with Gasteiger partial charge in [0.25, 0.3) is 5.56 Å². The highest BCUT2D eigenvalue weighted by molar-refractivity contribution is 6.30. The molecule has 1 aromatic carbocycles. The molecule has 1 aliphatic rings. The van der Waals surface area contributed by atoms with Crippen molar-refractivity contribution in [3.05, 3.63) is 74.8 Å². The molecule has 0 saturated carbocycles. The van der Waals surface area contributed by atoms with E-state index in [-0.39, 0.29) is 5.56 Å². The van der Waals surface area contributed by atoms with Crippen molar-refractivity contribution < 1.29 is 4.90 Å². The Morgan fingerprint density at radius 2 is 1.89 bits per heavy atom. The van der Waals surface area contributed by atoms with E-state index in [0.717, 1.165) is 54.8 Å². The number of piperazine rings is 1. The average Bonchev–Trinajstić information content (AvgIpc) is 2.64. The van der Waals surface area contributed by atoms with Gasteiger partial charge in [0.05, 0.1) is 26.2 Å². The van der Waals surface area contributed by atoms with Crippen LogP contribution >= 0.6 is 11.6 Å². The fraction of sp³-hybridized carbons (Fsp3) is 0.333. The number of nitrogens with zero attached hydrogens (tertiary/aromatic N) is 3. The Balaban J connectivity index is 1.47. The van der Waals surface area contributed by atoms with E-state index in [1.165, 1.54) is 16.2 Å². The quantitative estimate of drug-likeness (QED) is 0.750. The summed E-state index contributed by atoms with van der Waals surface area (Å²) in [7, 11) is 0. The smallest absolute Gasteiger partial charge is 0.258 e. The number of rotatable bonds is 3. The second kappa shape index (κ2) is 7.33. The van der Waals surface area contributed by atoms with E-state index >= 15 is 0 Å². The van der Waals surface area contributed by atoms with Gasteiger partial charge in [-0.05, 0) is 43.7 Å². The highest BCUT2D eigenvalue weighted by Crippen LogP contribution is 2.24. The molecule has 4 rings (SSSR count). The number of aromatic nitrogens is 2. The minimum atomic E-state index is 0.000637. The van der Waals surface area contributed by atoms with Gasteiger partial charge >= 0.3 is 0 Å². The first-order chi connectivity index (χ1) is 13.0. The maximum Gasteiger partial charge on any atom is 0.258 e. The summed E-state index contributed by atoms with van der Waals surface area (Å²) in [6.07, 6.45) is 0. The Kier molecular flexibility index (Phi) is 4.89. The number of fused-ring (bicyclic) bond motifs is 1. The topological polar surface area (TPSA) is 42.0 Å². The van der Waals surface area contributed by atoms with Crippen LogP contribution in [0, 0.1) is 13.8 Å². The zero-order valence-corrected chi connectivity index (χ0v) is 16.5. The molecule has 0 aliphatic carbocycles.